The highest BCUT2D eigenvalue weighted by atomic mass is 16.2. The molecule has 4 rings (SSSR count). The lowest BCUT2D eigenvalue weighted by molar-refractivity contribution is 0.0759. The van der Waals surface area contributed by atoms with E-state index in [-0.39, 0.29) is 5.91 Å². The number of nitrogens with zero attached hydrogens (tertiary/aromatic N) is 6. The van der Waals surface area contributed by atoms with E-state index < -0.39 is 0 Å². The van der Waals surface area contributed by atoms with E-state index in [1.165, 1.54) is 0 Å². The molecule has 0 atom stereocenters. The van der Waals surface area contributed by atoms with Crippen molar-refractivity contribution >= 4 is 5.91 Å². The largest absolute Gasteiger partial charge is 0.336 e. The molecule has 7 nitrogen and oxygen atoms in total. The molecule has 130 valence electrons. The lowest BCUT2D eigenvalue weighted by atomic mass is 10.1. The maximum absolute atomic E-state index is 12.8. The zero-order valence-electron chi connectivity index (χ0n) is 14.2. The van der Waals surface area contributed by atoms with Crippen LogP contribution in [0.15, 0.2) is 48.9 Å². The molecule has 0 radical (unpaired) electrons. The summed E-state index contributed by atoms with van der Waals surface area (Å²) < 4.78 is 4.05. The first kappa shape index (κ1) is 16.1. The molecule has 26 heavy (non-hydrogen) atoms. The van der Waals surface area contributed by atoms with Crippen LogP contribution < -0.4 is 0 Å². The lowest BCUT2D eigenvalue weighted by Gasteiger charge is -2.20. The smallest absolute Gasteiger partial charge is 0.253 e. The third-order valence-electron chi connectivity index (χ3n) is 4.63. The first-order chi connectivity index (χ1) is 12.7. The molecular weight excluding hydrogens is 328 g/mol. The van der Waals surface area contributed by atoms with E-state index in [1.807, 2.05) is 28.0 Å². The number of aromatic nitrogens is 4. The van der Waals surface area contributed by atoms with Crippen molar-refractivity contribution in [1.29, 1.82) is 5.26 Å². The molecule has 0 bridgehead atoms. The van der Waals surface area contributed by atoms with Gasteiger partial charge in [-0.05, 0) is 24.3 Å². The summed E-state index contributed by atoms with van der Waals surface area (Å²) in [7, 11) is 0. The van der Waals surface area contributed by atoms with E-state index in [2.05, 4.69) is 20.7 Å². The van der Waals surface area contributed by atoms with E-state index in [1.54, 1.807) is 30.5 Å². The first-order valence-electron chi connectivity index (χ1n) is 8.55. The molecule has 1 aromatic carbocycles. The Morgan fingerprint density at radius 3 is 2.96 bits per heavy atom. The van der Waals surface area contributed by atoms with Crippen LogP contribution in [-0.4, -0.2) is 43.2 Å². The van der Waals surface area contributed by atoms with Crippen LogP contribution in [0.25, 0.3) is 0 Å². The fourth-order valence-electron chi connectivity index (χ4n) is 3.29. The number of benzene rings is 1. The van der Waals surface area contributed by atoms with Gasteiger partial charge >= 0.3 is 0 Å². The Hall–Kier alpha value is -3.40. The Kier molecular flexibility index (Phi) is 4.23. The second-order valence-electron chi connectivity index (χ2n) is 6.26. The summed E-state index contributed by atoms with van der Waals surface area (Å²) in [5.41, 5.74) is 2.14. The van der Waals surface area contributed by atoms with E-state index in [4.69, 9.17) is 5.26 Å². The summed E-state index contributed by atoms with van der Waals surface area (Å²) in [6, 6.07) is 10.8. The molecule has 1 aliphatic rings. The SMILES string of the molecule is N#Cc1cccc(C(=O)N2CCc3ncc(Cn4cccn4)n3CC2)c1. The Labute approximate surface area is 151 Å². The van der Waals surface area contributed by atoms with Crippen molar-refractivity contribution in [2.45, 2.75) is 19.5 Å². The highest BCUT2D eigenvalue weighted by Gasteiger charge is 2.22. The molecule has 2 aromatic heterocycles. The van der Waals surface area contributed by atoms with Gasteiger partial charge in [0.05, 0.1) is 30.1 Å². The molecule has 3 aromatic rings. The van der Waals surface area contributed by atoms with E-state index in [0.29, 0.717) is 43.7 Å². The molecular formula is C19H18N6O. The third kappa shape index (κ3) is 3.09. The zero-order chi connectivity index (χ0) is 17.9. The fraction of sp³-hybridized carbons (Fsp3) is 0.263. The van der Waals surface area contributed by atoms with Crippen LogP contribution in [0.4, 0.5) is 0 Å². The van der Waals surface area contributed by atoms with Crippen LogP contribution in [0.5, 0.6) is 0 Å². The van der Waals surface area contributed by atoms with Gasteiger partial charge in [-0.3, -0.25) is 9.48 Å². The van der Waals surface area contributed by atoms with Crippen molar-refractivity contribution in [2.75, 3.05) is 13.1 Å². The number of rotatable bonds is 3. The highest BCUT2D eigenvalue weighted by molar-refractivity contribution is 5.94. The number of nitriles is 1. The average Bonchev–Trinajstić information content (AvgIpc) is 3.27. The van der Waals surface area contributed by atoms with Crippen LogP contribution in [-0.2, 0) is 19.5 Å². The summed E-state index contributed by atoms with van der Waals surface area (Å²) in [6.07, 6.45) is 6.29. The van der Waals surface area contributed by atoms with Gasteiger partial charge in [0.15, 0.2) is 0 Å². The summed E-state index contributed by atoms with van der Waals surface area (Å²) in [4.78, 5) is 19.2. The third-order valence-corrected chi connectivity index (χ3v) is 4.63. The number of hydrogen-bond acceptors (Lipinski definition) is 4. The van der Waals surface area contributed by atoms with E-state index >= 15 is 0 Å². The van der Waals surface area contributed by atoms with Crippen LogP contribution in [0.2, 0.25) is 0 Å². The first-order valence-corrected chi connectivity index (χ1v) is 8.55. The van der Waals surface area contributed by atoms with Gasteiger partial charge < -0.3 is 9.47 Å². The van der Waals surface area contributed by atoms with Gasteiger partial charge in [-0.2, -0.15) is 10.4 Å². The number of hydrogen-bond donors (Lipinski definition) is 0. The van der Waals surface area contributed by atoms with E-state index in [9.17, 15) is 4.79 Å². The van der Waals surface area contributed by atoms with Crippen molar-refractivity contribution in [2.24, 2.45) is 0 Å². The topological polar surface area (TPSA) is 79.7 Å². The molecule has 0 unspecified atom stereocenters. The maximum Gasteiger partial charge on any atom is 0.253 e. The number of carbonyl (C=O) groups excluding carboxylic acids is 1. The second-order valence-corrected chi connectivity index (χ2v) is 6.26. The number of imidazole rings is 1. The predicted octanol–water partition coefficient (Wildman–Crippen LogP) is 1.70. The van der Waals surface area contributed by atoms with Crippen molar-refractivity contribution in [3.05, 3.63) is 71.6 Å². The monoisotopic (exact) mass is 346 g/mol. The molecule has 1 amide bonds. The molecule has 1 aliphatic heterocycles. The van der Waals surface area contributed by atoms with E-state index in [0.717, 1.165) is 11.5 Å². The molecule has 0 spiro atoms. The average molecular weight is 346 g/mol. The minimum atomic E-state index is -0.0403. The molecule has 3 heterocycles. The predicted molar refractivity (Wildman–Crippen MR) is 94.3 cm³/mol. The quantitative estimate of drug-likeness (QED) is 0.723. The van der Waals surface area contributed by atoms with Crippen molar-refractivity contribution in [3.63, 3.8) is 0 Å². The molecule has 0 N–H and O–H groups in total. The van der Waals surface area contributed by atoms with Crippen LogP contribution in [0, 0.1) is 11.3 Å². The lowest BCUT2D eigenvalue weighted by Crippen LogP contribution is -2.33. The molecule has 0 saturated carbocycles. The van der Waals surface area contributed by atoms with Gasteiger partial charge in [0.2, 0.25) is 0 Å². The minimum Gasteiger partial charge on any atom is -0.336 e. The van der Waals surface area contributed by atoms with Crippen molar-refractivity contribution in [3.8, 4) is 6.07 Å². The molecule has 7 heteroatoms. The molecule has 0 saturated heterocycles. The Bertz CT molecular complexity index is 966. The highest BCUT2D eigenvalue weighted by Crippen LogP contribution is 2.15. The van der Waals surface area contributed by atoms with Gasteiger partial charge in [-0.1, -0.05) is 6.07 Å². The Morgan fingerprint density at radius 1 is 1.23 bits per heavy atom. The van der Waals surface area contributed by atoms with Gasteiger partial charge in [-0.25, -0.2) is 4.98 Å². The van der Waals surface area contributed by atoms with Gasteiger partial charge in [-0.15, -0.1) is 0 Å². The normalized spacial score (nSPS) is 13.7. The number of carbonyl (C=O) groups is 1. The van der Waals surface area contributed by atoms with Crippen LogP contribution in [0.3, 0.4) is 0 Å². The molecule has 0 fully saturated rings. The van der Waals surface area contributed by atoms with Gasteiger partial charge in [0.1, 0.15) is 5.82 Å². The van der Waals surface area contributed by atoms with Crippen LogP contribution in [0.1, 0.15) is 27.4 Å². The van der Waals surface area contributed by atoms with Gasteiger partial charge in [0.25, 0.3) is 5.91 Å². The van der Waals surface area contributed by atoms with Crippen molar-refractivity contribution < 1.29 is 4.79 Å². The summed E-state index contributed by atoms with van der Waals surface area (Å²) in [5.74, 6) is 0.953. The second kappa shape index (κ2) is 6.84. The van der Waals surface area contributed by atoms with Crippen LogP contribution >= 0.6 is 0 Å². The standard InChI is InChI=1S/C19H18N6O/c20-12-15-3-1-4-16(11-15)19(26)23-8-5-18-21-13-17(25(18)10-9-23)14-24-7-2-6-22-24/h1-4,6-7,11,13H,5,8-10,14H2. The Morgan fingerprint density at radius 2 is 2.15 bits per heavy atom. The van der Waals surface area contributed by atoms with Crippen molar-refractivity contribution in [1.82, 2.24) is 24.2 Å². The zero-order valence-corrected chi connectivity index (χ0v) is 14.2. The minimum absolute atomic E-state index is 0.0403. The fourth-order valence-corrected chi connectivity index (χ4v) is 3.29. The summed E-state index contributed by atoms with van der Waals surface area (Å²) in [5, 5.41) is 13.3. The molecule has 0 aliphatic carbocycles. The van der Waals surface area contributed by atoms with Gasteiger partial charge in [0, 0.05) is 44.0 Å². The summed E-state index contributed by atoms with van der Waals surface area (Å²) in [6.45, 7) is 2.60. The number of amides is 1. The summed E-state index contributed by atoms with van der Waals surface area (Å²) >= 11 is 0. The number of fused-ring (bicyclic) bond motifs is 1. The Balaban J connectivity index is 1.50. The maximum atomic E-state index is 12.8.